The molecular formula is C18H30N4O2. The van der Waals surface area contributed by atoms with Gasteiger partial charge in [-0.15, -0.1) is 0 Å². The second kappa shape index (κ2) is 10.2. The van der Waals surface area contributed by atoms with E-state index in [1.54, 1.807) is 14.2 Å². The van der Waals surface area contributed by atoms with Crippen LogP contribution in [-0.4, -0.2) is 71.0 Å². The van der Waals surface area contributed by atoms with Gasteiger partial charge in [0.15, 0.2) is 5.96 Å². The molecule has 0 amide bonds. The highest BCUT2D eigenvalue weighted by molar-refractivity contribution is 5.79. The monoisotopic (exact) mass is 334 g/mol. The van der Waals surface area contributed by atoms with Crippen LogP contribution in [-0.2, 0) is 11.2 Å². The zero-order valence-electron chi connectivity index (χ0n) is 15.1. The molecule has 1 aliphatic heterocycles. The van der Waals surface area contributed by atoms with Crippen LogP contribution in [0.5, 0.6) is 5.75 Å². The molecule has 0 saturated carbocycles. The van der Waals surface area contributed by atoms with Gasteiger partial charge in [-0.1, -0.05) is 12.1 Å². The van der Waals surface area contributed by atoms with Gasteiger partial charge in [0.1, 0.15) is 5.75 Å². The van der Waals surface area contributed by atoms with E-state index in [0.717, 1.165) is 69.6 Å². The number of hydrogen-bond donors (Lipinski definition) is 2. The topological polar surface area (TPSA) is 58.1 Å². The van der Waals surface area contributed by atoms with E-state index < -0.39 is 0 Å². The Kier molecular flexibility index (Phi) is 7.85. The summed E-state index contributed by atoms with van der Waals surface area (Å²) in [7, 11) is 3.52. The summed E-state index contributed by atoms with van der Waals surface area (Å²) in [4.78, 5) is 6.68. The van der Waals surface area contributed by atoms with Crippen molar-refractivity contribution in [2.24, 2.45) is 4.99 Å². The summed E-state index contributed by atoms with van der Waals surface area (Å²) in [6, 6.07) is 6.35. The van der Waals surface area contributed by atoms with Crippen molar-refractivity contribution in [3.05, 3.63) is 29.3 Å². The molecular weight excluding hydrogens is 304 g/mol. The van der Waals surface area contributed by atoms with E-state index in [-0.39, 0.29) is 0 Å². The normalized spacial score (nSPS) is 16.0. The van der Waals surface area contributed by atoms with Gasteiger partial charge in [-0.25, -0.2) is 0 Å². The molecule has 6 nitrogen and oxygen atoms in total. The third kappa shape index (κ3) is 6.02. The molecule has 6 heteroatoms. The van der Waals surface area contributed by atoms with E-state index in [1.807, 2.05) is 0 Å². The lowest BCUT2D eigenvalue weighted by Gasteiger charge is -2.26. The predicted octanol–water partition coefficient (Wildman–Crippen LogP) is 1.04. The Balaban J connectivity index is 1.67. The van der Waals surface area contributed by atoms with Crippen LogP contribution in [0.4, 0.5) is 0 Å². The Bertz CT molecular complexity index is 528. The molecule has 0 aromatic heterocycles. The number of methoxy groups -OCH3 is 1. The minimum Gasteiger partial charge on any atom is -0.496 e. The first kappa shape index (κ1) is 18.5. The number of morpholine rings is 1. The summed E-state index contributed by atoms with van der Waals surface area (Å²) in [5.74, 6) is 1.79. The lowest BCUT2D eigenvalue weighted by atomic mass is 10.1. The van der Waals surface area contributed by atoms with Crippen LogP contribution >= 0.6 is 0 Å². The van der Waals surface area contributed by atoms with Gasteiger partial charge in [-0.3, -0.25) is 9.89 Å². The fourth-order valence-electron chi connectivity index (χ4n) is 2.72. The van der Waals surface area contributed by atoms with Crippen molar-refractivity contribution in [2.45, 2.75) is 13.3 Å². The van der Waals surface area contributed by atoms with Crippen molar-refractivity contribution < 1.29 is 9.47 Å². The number of aryl methyl sites for hydroxylation is 1. The summed E-state index contributed by atoms with van der Waals surface area (Å²) < 4.78 is 10.7. The first-order valence-electron chi connectivity index (χ1n) is 8.61. The van der Waals surface area contributed by atoms with Gasteiger partial charge < -0.3 is 20.1 Å². The number of hydrogen-bond acceptors (Lipinski definition) is 4. The fraction of sp³-hybridized carbons (Fsp3) is 0.611. The first-order chi connectivity index (χ1) is 11.7. The minimum absolute atomic E-state index is 0.837. The van der Waals surface area contributed by atoms with Crippen molar-refractivity contribution in [1.82, 2.24) is 15.5 Å². The van der Waals surface area contributed by atoms with Crippen molar-refractivity contribution >= 4 is 5.96 Å². The molecule has 1 aromatic carbocycles. The Labute approximate surface area is 145 Å². The molecule has 0 aliphatic carbocycles. The highest BCUT2D eigenvalue weighted by Gasteiger charge is 2.09. The second-order valence-electron chi connectivity index (χ2n) is 5.93. The van der Waals surface area contributed by atoms with Gasteiger partial charge in [-0.05, 0) is 30.5 Å². The summed E-state index contributed by atoms with van der Waals surface area (Å²) in [5, 5.41) is 6.73. The Morgan fingerprint density at radius 1 is 1.25 bits per heavy atom. The van der Waals surface area contributed by atoms with Crippen molar-refractivity contribution in [2.75, 3.05) is 60.1 Å². The summed E-state index contributed by atoms with van der Waals surface area (Å²) in [5.41, 5.74) is 2.42. The smallest absolute Gasteiger partial charge is 0.191 e. The molecule has 1 aromatic rings. The molecule has 1 aliphatic rings. The highest BCUT2D eigenvalue weighted by Crippen LogP contribution is 2.18. The van der Waals surface area contributed by atoms with Crippen LogP contribution in [0.15, 0.2) is 23.2 Å². The molecule has 1 fully saturated rings. The van der Waals surface area contributed by atoms with Crippen LogP contribution in [0.3, 0.4) is 0 Å². The highest BCUT2D eigenvalue weighted by atomic mass is 16.5. The number of benzene rings is 1. The molecule has 1 saturated heterocycles. The number of nitrogens with zero attached hydrogens (tertiary/aromatic N) is 2. The van der Waals surface area contributed by atoms with E-state index in [9.17, 15) is 0 Å². The van der Waals surface area contributed by atoms with E-state index >= 15 is 0 Å². The Morgan fingerprint density at radius 2 is 2.00 bits per heavy atom. The van der Waals surface area contributed by atoms with Gasteiger partial charge in [-0.2, -0.15) is 0 Å². The maximum atomic E-state index is 5.37. The van der Waals surface area contributed by atoms with Crippen LogP contribution in [0, 0.1) is 6.92 Å². The van der Waals surface area contributed by atoms with E-state index in [4.69, 9.17) is 9.47 Å². The molecule has 1 heterocycles. The van der Waals surface area contributed by atoms with Crippen molar-refractivity contribution in [1.29, 1.82) is 0 Å². The predicted molar refractivity (Wildman–Crippen MR) is 98.1 cm³/mol. The van der Waals surface area contributed by atoms with E-state index in [2.05, 4.69) is 45.6 Å². The average Bonchev–Trinajstić information content (AvgIpc) is 2.62. The number of aliphatic imine (C=N–C) groups is 1. The summed E-state index contributed by atoms with van der Waals surface area (Å²) in [6.45, 7) is 8.51. The first-order valence-corrected chi connectivity index (χ1v) is 8.61. The summed E-state index contributed by atoms with van der Waals surface area (Å²) >= 11 is 0. The second-order valence-corrected chi connectivity index (χ2v) is 5.93. The van der Waals surface area contributed by atoms with Crippen LogP contribution in [0.2, 0.25) is 0 Å². The van der Waals surface area contributed by atoms with Gasteiger partial charge in [0.2, 0.25) is 0 Å². The molecule has 0 radical (unpaired) electrons. The van der Waals surface area contributed by atoms with Crippen LogP contribution < -0.4 is 15.4 Å². The standard InChI is InChI=1S/C18H30N4O2/c1-15-4-5-16(14-17(15)23-3)6-7-20-18(19-2)21-8-9-22-10-12-24-13-11-22/h4-5,14H,6-13H2,1-3H3,(H2,19,20,21). The number of guanidine groups is 1. The number of nitrogens with one attached hydrogen (secondary N) is 2. The molecule has 2 N–H and O–H groups in total. The van der Waals surface area contributed by atoms with E-state index in [0.29, 0.717) is 0 Å². The number of ether oxygens (including phenoxy) is 2. The van der Waals surface area contributed by atoms with Crippen LogP contribution in [0.25, 0.3) is 0 Å². The Hall–Kier alpha value is -1.79. The lowest BCUT2D eigenvalue weighted by molar-refractivity contribution is 0.0389. The van der Waals surface area contributed by atoms with Crippen molar-refractivity contribution in [3.8, 4) is 5.75 Å². The Morgan fingerprint density at radius 3 is 2.71 bits per heavy atom. The zero-order valence-corrected chi connectivity index (χ0v) is 15.1. The minimum atomic E-state index is 0.837. The van der Waals surface area contributed by atoms with Crippen molar-refractivity contribution in [3.63, 3.8) is 0 Å². The molecule has 0 atom stereocenters. The third-order valence-corrected chi connectivity index (χ3v) is 4.23. The molecule has 0 bridgehead atoms. The molecule has 24 heavy (non-hydrogen) atoms. The van der Waals surface area contributed by atoms with Gasteiger partial charge in [0.05, 0.1) is 20.3 Å². The number of rotatable bonds is 7. The van der Waals surface area contributed by atoms with Gasteiger partial charge >= 0.3 is 0 Å². The maximum absolute atomic E-state index is 5.37. The largest absolute Gasteiger partial charge is 0.496 e. The SMILES string of the molecule is CN=C(NCCc1ccc(C)c(OC)c1)NCCN1CCOCC1. The molecule has 134 valence electrons. The molecule has 2 rings (SSSR count). The molecule has 0 unspecified atom stereocenters. The quantitative estimate of drug-likeness (QED) is 0.576. The summed E-state index contributed by atoms with van der Waals surface area (Å²) in [6.07, 6.45) is 0.931. The lowest BCUT2D eigenvalue weighted by Crippen LogP contribution is -2.44. The van der Waals surface area contributed by atoms with Gasteiger partial charge in [0.25, 0.3) is 0 Å². The molecule has 0 spiro atoms. The fourth-order valence-corrected chi connectivity index (χ4v) is 2.72. The zero-order chi connectivity index (χ0) is 17.2. The third-order valence-electron chi connectivity index (χ3n) is 4.23. The van der Waals surface area contributed by atoms with Gasteiger partial charge in [0, 0.05) is 39.8 Å². The maximum Gasteiger partial charge on any atom is 0.191 e. The average molecular weight is 334 g/mol. The van der Waals surface area contributed by atoms with Crippen LogP contribution in [0.1, 0.15) is 11.1 Å². The van der Waals surface area contributed by atoms with E-state index in [1.165, 1.54) is 5.56 Å².